The number of allylic oxidation sites excluding steroid dienone is 2. The van der Waals surface area contributed by atoms with Crippen LogP contribution in [0.2, 0.25) is 0 Å². The van der Waals surface area contributed by atoms with E-state index in [1.165, 1.54) is 38.5 Å². The third kappa shape index (κ3) is 1.85. The van der Waals surface area contributed by atoms with Gasteiger partial charge in [0.05, 0.1) is 0 Å². The van der Waals surface area contributed by atoms with Crippen LogP contribution in [0.1, 0.15) is 78.6 Å². The fourth-order valence-electron chi connectivity index (χ4n) is 6.68. The molecule has 1 heteroatoms. The molecule has 0 bridgehead atoms. The van der Waals surface area contributed by atoms with Crippen LogP contribution in [0, 0.1) is 28.6 Å². The molecule has 116 valence electrons. The van der Waals surface area contributed by atoms with E-state index < -0.39 is 0 Å². The Kier molecular flexibility index (Phi) is 2.98. The molecule has 0 spiro atoms. The van der Waals surface area contributed by atoms with Crippen LogP contribution < -0.4 is 0 Å². The van der Waals surface area contributed by atoms with Gasteiger partial charge in [0.1, 0.15) is 5.78 Å². The van der Waals surface area contributed by atoms with Crippen molar-refractivity contribution in [2.75, 3.05) is 0 Å². The fourth-order valence-corrected chi connectivity index (χ4v) is 6.68. The molecular weight excluding hydrogens is 256 g/mol. The van der Waals surface area contributed by atoms with Gasteiger partial charge in [-0.05, 0) is 73.5 Å². The first-order valence-corrected chi connectivity index (χ1v) is 9.18. The Bertz CT molecular complexity index is 516. The number of rotatable bonds is 0. The molecule has 4 aliphatic carbocycles. The van der Waals surface area contributed by atoms with Crippen molar-refractivity contribution >= 4 is 5.78 Å². The van der Waals surface area contributed by atoms with Crippen molar-refractivity contribution in [2.24, 2.45) is 28.6 Å². The summed E-state index contributed by atoms with van der Waals surface area (Å²) in [6.07, 6.45) is 11.0. The average Bonchev–Trinajstić information content (AvgIpc) is 2.76. The lowest BCUT2D eigenvalue weighted by molar-refractivity contribution is -0.124. The summed E-state index contributed by atoms with van der Waals surface area (Å²) >= 11 is 0. The quantitative estimate of drug-likeness (QED) is 0.552. The third-order valence-electron chi connectivity index (χ3n) is 7.95. The van der Waals surface area contributed by atoms with E-state index in [2.05, 4.69) is 20.8 Å². The van der Waals surface area contributed by atoms with Gasteiger partial charge in [0, 0.05) is 12.8 Å². The summed E-state index contributed by atoms with van der Waals surface area (Å²) in [5.41, 5.74) is 4.64. The Morgan fingerprint density at radius 2 is 1.81 bits per heavy atom. The summed E-state index contributed by atoms with van der Waals surface area (Å²) < 4.78 is 0. The van der Waals surface area contributed by atoms with Gasteiger partial charge in [-0.1, -0.05) is 31.9 Å². The summed E-state index contributed by atoms with van der Waals surface area (Å²) in [7, 11) is 0. The average molecular weight is 286 g/mol. The Balaban J connectivity index is 1.77. The fraction of sp³-hybridized carbons (Fsp3) is 0.850. The Morgan fingerprint density at radius 1 is 1.00 bits per heavy atom. The molecule has 0 amide bonds. The number of hydrogen-bond acceptors (Lipinski definition) is 1. The Labute approximate surface area is 129 Å². The normalized spacial score (nSPS) is 49.7. The molecule has 0 aromatic rings. The van der Waals surface area contributed by atoms with E-state index in [1.54, 1.807) is 0 Å². The zero-order valence-corrected chi connectivity index (χ0v) is 14.0. The van der Waals surface area contributed by atoms with E-state index >= 15 is 0 Å². The third-order valence-corrected chi connectivity index (χ3v) is 7.95. The summed E-state index contributed by atoms with van der Waals surface area (Å²) in [5, 5.41) is 0. The second-order valence-corrected chi connectivity index (χ2v) is 9.05. The van der Waals surface area contributed by atoms with Gasteiger partial charge in [-0.25, -0.2) is 0 Å². The topological polar surface area (TPSA) is 17.1 Å². The number of Topliss-reactive ketones (excluding diaryl/α,β-unsaturated/α-hetero) is 1. The van der Waals surface area contributed by atoms with E-state index in [1.807, 2.05) is 11.1 Å². The molecule has 2 saturated carbocycles. The molecule has 0 saturated heterocycles. The maximum atomic E-state index is 11.9. The van der Waals surface area contributed by atoms with Crippen LogP contribution in [0.4, 0.5) is 0 Å². The van der Waals surface area contributed by atoms with Gasteiger partial charge in [0.25, 0.3) is 0 Å². The van der Waals surface area contributed by atoms with E-state index in [4.69, 9.17) is 0 Å². The summed E-state index contributed by atoms with van der Waals surface area (Å²) in [6.45, 7) is 7.55. The summed E-state index contributed by atoms with van der Waals surface area (Å²) in [5.74, 6) is 2.91. The van der Waals surface area contributed by atoms with Gasteiger partial charge in [-0.2, -0.15) is 0 Å². The minimum absolute atomic E-state index is 0.366. The number of fused-ring (bicyclic) bond motifs is 4. The van der Waals surface area contributed by atoms with Crippen LogP contribution in [0.3, 0.4) is 0 Å². The van der Waals surface area contributed by atoms with Crippen LogP contribution in [-0.2, 0) is 4.79 Å². The lowest BCUT2D eigenvalue weighted by atomic mass is 9.51. The highest BCUT2D eigenvalue weighted by Crippen LogP contribution is 2.64. The molecule has 0 radical (unpaired) electrons. The van der Waals surface area contributed by atoms with Crippen molar-refractivity contribution in [3.05, 3.63) is 11.1 Å². The Morgan fingerprint density at radius 3 is 2.62 bits per heavy atom. The van der Waals surface area contributed by atoms with Gasteiger partial charge in [-0.15, -0.1) is 0 Å². The first-order valence-electron chi connectivity index (χ1n) is 9.18. The number of carbonyl (C=O) groups is 1. The van der Waals surface area contributed by atoms with Crippen molar-refractivity contribution in [3.63, 3.8) is 0 Å². The number of ketones is 1. The minimum atomic E-state index is 0.366. The molecule has 4 unspecified atom stereocenters. The minimum Gasteiger partial charge on any atom is -0.300 e. The molecule has 0 aromatic heterocycles. The predicted molar refractivity (Wildman–Crippen MR) is 85.9 cm³/mol. The van der Waals surface area contributed by atoms with Crippen molar-refractivity contribution in [3.8, 4) is 0 Å². The van der Waals surface area contributed by atoms with E-state index in [0.717, 1.165) is 31.1 Å². The van der Waals surface area contributed by atoms with E-state index in [9.17, 15) is 4.79 Å². The lowest BCUT2D eigenvalue weighted by Crippen LogP contribution is -2.44. The van der Waals surface area contributed by atoms with E-state index in [-0.39, 0.29) is 0 Å². The largest absolute Gasteiger partial charge is 0.300 e. The van der Waals surface area contributed by atoms with Gasteiger partial charge < -0.3 is 0 Å². The van der Waals surface area contributed by atoms with Gasteiger partial charge in [0.2, 0.25) is 0 Å². The molecule has 5 atom stereocenters. The lowest BCUT2D eigenvalue weighted by Gasteiger charge is -2.53. The maximum absolute atomic E-state index is 11.9. The van der Waals surface area contributed by atoms with Crippen LogP contribution >= 0.6 is 0 Å². The zero-order valence-electron chi connectivity index (χ0n) is 14.0. The van der Waals surface area contributed by atoms with Crippen molar-refractivity contribution in [1.29, 1.82) is 0 Å². The van der Waals surface area contributed by atoms with Crippen molar-refractivity contribution in [2.45, 2.75) is 78.6 Å². The van der Waals surface area contributed by atoms with E-state index in [0.29, 0.717) is 22.5 Å². The maximum Gasteiger partial charge on any atom is 0.133 e. The molecule has 0 aromatic carbocycles. The highest BCUT2D eigenvalue weighted by Gasteiger charge is 2.53. The Hall–Kier alpha value is -0.590. The molecular formula is C20H30O. The zero-order chi connectivity index (χ0) is 14.8. The number of hydrogen-bond donors (Lipinski definition) is 0. The van der Waals surface area contributed by atoms with Gasteiger partial charge in [0.15, 0.2) is 0 Å². The molecule has 0 heterocycles. The second kappa shape index (κ2) is 4.46. The van der Waals surface area contributed by atoms with Crippen molar-refractivity contribution < 1.29 is 4.79 Å². The molecule has 2 fully saturated rings. The molecule has 4 aliphatic rings. The molecule has 0 N–H and O–H groups in total. The van der Waals surface area contributed by atoms with Crippen LogP contribution in [-0.4, -0.2) is 5.78 Å². The first kappa shape index (κ1) is 14.0. The highest BCUT2D eigenvalue weighted by molar-refractivity contribution is 5.80. The van der Waals surface area contributed by atoms with Crippen LogP contribution in [0.5, 0.6) is 0 Å². The monoisotopic (exact) mass is 286 g/mol. The smallest absolute Gasteiger partial charge is 0.133 e. The molecule has 0 aliphatic heterocycles. The first-order chi connectivity index (χ1) is 9.94. The van der Waals surface area contributed by atoms with Crippen LogP contribution in [0.15, 0.2) is 11.1 Å². The molecule has 1 nitrogen and oxygen atoms in total. The SMILES string of the molecule is C[C@H]1CCC2(C)CCC3=C(CCC4CC(=O)CCC34C)C12. The standard InChI is InChI=1S/C20H30O/c1-13-6-9-19(2)10-8-17-16(18(13)19)5-4-14-12-15(21)7-11-20(14,17)3/h13-14,18H,4-12H2,1-3H3/t13-,14?,18?,19?,20?/m0/s1. The van der Waals surface area contributed by atoms with Gasteiger partial charge in [-0.3, -0.25) is 4.79 Å². The van der Waals surface area contributed by atoms with Gasteiger partial charge >= 0.3 is 0 Å². The predicted octanol–water partition coefficient (Wildman–Crippen LogP) is 5.30. The number of carbonyl (C=O) groups excluding carboxylic acids is 1. The summed E-state index contributed by atoms with van der Waals surface area (Å²) in [6, 6.07) is 0. The summed E-state index contributed by atoms with van der Waals surface area (Å²) in [4.78, 5) is 11.9. The second-order valence-electron chi connectivity index (χ2n) is 9.05. The van der Waals surface area contributed by atoms with Crippen LogP contribution in [0.25, 0.3) is 0 Å². The highest BCUT2D eigenvalue weighted by atomic mass is 16.1. The molecule has 4 rings (SSSR count). The molecule has 21 heavy (non-hydrogen) atoms. The van der Waals surface area contributed by atoms with Crippen molar-refractivity contribution in [1.82, 2.24) is 0 Å².